The molecule has 1 aromatic rings. The van der Waals surface area contributed by atoms with Crippen molar-refractivity contribution in [3.05, 3.63) is 34.6 Å². The summed E-state index contributed by atoms with van der Waals surface area (Å²) in [7, 11) is 0. The quantitative estimate of drug-likeness (QED) is 0.815. The molecule has 1 nitrogen and oxygen atoms in total. The number of hydrogen-bond acceptors (Lipinski definition) is 1. The van der Waals surface area contributed by atoms with Crippen molar-refractivity contribution < 1.29 is 4.39 Å². The maximum atomic E-state index is 13.9. The van der Waals surface area contributed by atoms with Gasteiger partial charge in [-0.1, -0.05) is 38.4 Å². The minimum Gasteiger partial charge on any atom is -0.327 e. The molecule has 1 atom stereocenters. The Morgan fingerprint density at radius 1 is 1.24 bits per heavy atom. The van der Waals surface area contributed by atoms with Gasteiger partial charge >= 0.3 is 0 Å². The topological polar surface area (TPSA) is 26.0 Å². The Hall–Kier alpha value is -0.600. The third-order valence-corrected chi connectivity index (χ3v) is 5.31. The average Bonchev–Trinajstić information content (AvgIpc) is 2.41. The van der Waals surface area contributed by atoms with Crippen molar-refractivity contribution in [2.75, 3.05) is 0 Å². The summed E-state index contributed by atoms with van der Waals surface area (Å²) in [5.41, 5.74) is 7.41. The predicted molar refractivity (Wildman–Crippen MR) is 88.0 cm³/mol. The fourth-order valence-corrected chi connectivity index (χ4v) is 3.68. The molecule has 0 aromatic heterocycles. The Balaban J connectivity index is 1.92. The number of benzene rings is 1. The van der Waals surface area contributed by atoms with Crippen LogP contribution in [0.25, 0.3) is 0 Å². The van der Waals surface area contributed by atoms with Crippen molar-refractivity contribution in [2.24, 2.45) is 23.0 Å². The molecular weight excluding hydrogens is 285 g/mol. The second-order valence-corrected chi connectivity index (χ2v) is 8.02. The summed E-state index contributed by atoms with van der Waals surface area (Å²) in [4.78, 5) is 0. The van der Waals surface area contributed by atoms with E-state index in [9.17, 15) is 4.39 Å². The van der Waals surface area contributed by atoms with E-state index in [0.717, 1.165) is 18.8 Å². The molecule has 0 amide bonds. The Morgan fingerprint density at radius 3 is 2.38 bits per heavy atom. The highest BCUT2D eigenvalue weighted by Crippen LogP contribution is 2.40. The van der Waals surface area contributed by atoms with Crippen LogP contribution < -0.4 is 5.73 Å². The smallest absolute Gasteiger partial charge is 0.127 e. The summed E-state index contributed by atoms with van der Waals surface area (Å²) in [6.07, 6.45) is 5.42. The Kier molecular flexibility index (Phi) is 5.32. The molecular formula is C18H27ClFN. The van der Waals surface area contributed by atoms with Crippen LogP contribution in [0.5, 0.6) is 0 Å². The first kappa shape index (κ1) is 16.8. The van der Waals surface area contributed by atoms with E-state index in [2.05, 4.69) is 20.8 Å². The molecule has 0 spiro atoms. The van der Waals surface area contributed by atoms with E-state index in [1.165, 1.54) is 18.9 Å². The molecule has 1 aromatic carbocycles. The molecule has 0 aliphatic heterocycles. The SMILES string of the molecule is CC(C)(C)C1CCC(C(N)Cc2ccc(Cl)cc2F)CC1. The highest BCUT2D eigenvalue weighted by molar-refractivity contribution is 6.30. The largest absolute Gasteiger partial charge is 0.327 e. The second-order valence-electron chi connectivity index (χ2n) is 7.58. The first-order chi connectivity index (χ1) is 9.77. The van der Waals surface area contributed by atoms with Crippen molar-refractivity contribution in [1.29, 1.82) is 0 Å². The summed E-state index contributed by atoms with van der Waals surface area (Å²) in [6, 6.07) is 4.92. The lowest BCUT2D eigenvalue weighted by molar-refractivity contribution is 0.139. The average molecular weight is 312 g/mol. The van der Waals surface area contributed by atoms with Gasteiger partial charge < -0.3 is 5.73 Å². The van der Waals surface area contributed by atoms with Gasteiger partial charge in [-0.05, 0) is 67.1 Å². The molecule has 0 saturated heterocycles. The third-order valence-electron chi connectivity index (χ3n) is 5.07. The van der Waals surface area contributed by atoms with E-state index < -0.39 is 0 Å². The highest BCUT2D eigenvalue weighted by Gasteiger charge is 2.31. The van der Waals surface area contributed by atoms with Gasteiger partial charge in [0.2, 0.25) is 0 Å². The summed E-state index contributed by atoms with van der Waals surface area (Å²) >= 11 is 5.79. The Labute approximate surface area is 133 Å². The van der Waals surface area contributed by atoms with E-state index in [0.29, 0.717) is 28.3 Å². The Bertz CT molecular complexity index is 473. The summed E-state index contributed by atoms with van der Waals surface area (Å²) in [6.45, 7) is 6.96. The van der Waals surface area contributed by atoms with Crippen LogP contribution in [0.1, 0.15) is 52.0 Å². The van der Waals surface area contributed by atoms with Crippen molar-refractivity contribution in [2.45, 2.75) is 58.9 Å². The fraction of sp³-hybridized carbons (Fsp3) is 0.667. The maximum absolute atomic E-state index is 13.9. The van der Waals surface area contributed by atoms with Crippen molar-refractivity contribution in [3.8, 4) is 0 Å². The lowest BCUT2D eigenvalue weighted by atomic mass is 9.68. The van der Waals surface area contributed by atoms with Gasteiger partial charge in [-0.3, -0.25) is 0 Å². The predicted octanol–water partition coefficient (Wildman–Crippen LogP) is 5.20. The minimum atomic E-state index is -0.235. The summed E-state index contributed by atoms with van der Waals surface area (Å²) in [5, 5.41) is 0.440. The lowest BCUT2D eigenvalue weighted by Gasteiger charge is -2.38. The number of nitrogens with two attached hydrogens (primary N) is 1. The van der Waals surface area contributed by atoms with E-state index in [1.807, 2.05) is 0 Å². The standard InChI is InChI=1S/C18H27ClFN/c1-18(2,3)14-7-4-12(5-8-14)17(21)10-13-6-9-15(19)11-16(13)20/h6,9,11-12,14,17H,4-5,7-8,10,21H2,1-3H3. The lowest BCUT2D eigenvalue weighted by Crippen LogP contribution is -2.37. The van der Waals surface area contributed by atoms with Gasteiger partial charge in [0.15, 0.2) is 0 Å². The molecule has 0 heterocycles. The van der Waals surface area contributed by atoms with Crippen LogP contribution in [0.3, 0.4) is 0 Å². The van der Waals surface area contributed by atoms with Gasteiger partial charge in [0, 0.05) is 11.1 Å². The number of rotatable bonds is 3. The summed E-state index contributed by atoms with van der Waals surface area (Å²) in [5.74, 6) is 1.06. The zero-order chi connectivity index (χ0) is 15.6. The second kappa shape index (κ2) is 6.66. The van der Waals surface area contributed by atoms with Crippen molar-refractivity contribution >= 4 is 11.6 Å². The van der Waals surface area contributed by atoms with Gasteiger partial charge in [0.05, 0.1) is 0 Å². The van der Waals surface area contributed by atoms with E-state index in [-0.39, 0.29) is 11.9 Å². The molecule has 1 fully saturated rings. The minimum absolute atomic E-state index is 0.0431. The Morgan fingerprint density at radius 2 is 1.86 bits per heavy atom. The van der Waals surface area contributed by atoms with Gasteiger partial charge in [0.25, 0.3) is 0 Å². The van der Waals surface area contributed by atoms with E-state index in [1.54, 1.807) is 12.1 Å². The molecule has 0 radical (unpaired) electrons. The molecule has 21 heavy (non-hydrogen) atoms. The van der Waals surface area contributed by atoms with E-state index in [4.69, 9.17) is 17.3 Å². The van der Waals surface area contributed by atoms with Crippen molar-refractivity contribution in [3.63, 3.8) is 0 Å². The molecule has 3 heteroatoms. The van der Waals surface area contributed by atoms with Gasteiger partial charge in [-0.25, -0.2) is 4.39 Å². The van der Waals surface area contributed by atoms with E-state index >= 15 is 0 Å². The van der Waals surface area contributed by atoms with Crippen LogP contribution in [-0.2, 0) is 6.42 Å². The van der Waals surface area contributed by atoms with Crippen molar-refractivity contribution in [1.82, 2.24) is 0 Å². The van der Waals surface area contributed by atoms with Crippen LogP contribution in [-0.4, -0.2) is 6.04 Å². The molecule has 1 aliphatic carbocycles. The van der Waals surface area contributed by atoms with Crippen LogP contribution in [0.4, 0.5) is 4.39 Å². The molecule has 1 aliphatic rings. The maximum Gasteiger partial charge on any atom is 0.127 e. The molecule has 118 valence electrons. The molecule has 2 rings (SSSR count). The van der Waals surface area contributed by atoms with Crippen LogP contribution in [0, 0.1) is 23.1 Å². The number of halogens is 2. The fourth-order valence-electron chi connectivity index (χ4n) is 3.52. The zero-order valence-electron chi connectivity index (χ0n) is 13.3. The highest BCUT2D eigenvalue weighted by atomic mass is 35.5. The van der Waals surface area contributed by atoms with Gasteiger partial charge in [-0.15, -0.1) is 0 Å². The van der Waals surface area contributed by atoms with Crippen LogP contribution in [0.15, 0.2) is 18.2 Å². The molecule has 1 unspecified atom stereocenters. The molecule has 1 saturated carbocycles. The monoisotopic (exact) mass is 311 g/mol. The molecule has 2 N–H and O–H groups in total. The van der Waals surface area contributed by atoms with Gasteiger partial charge in [-0.2, -0.15) is 0 Å². The third kappa shape index (κ3) is 4.43. The first-order valence-electron chi connectivity index (χ1n) is 7.97. The summed E-state index contributed by atoms with van der Waals surface area (Å²) < 4.78 is 13.9. The normalized spacial score (nSPS) is 24.9. The number of hydrogen-bond donors (Lipinski definition) is 1. The molecule has 0 bridgehead atoms. The van der Waals surface area contributed by atoms with Crippen LogP contribution in [0.2, 0.25) is 5.02 Å². The first-order valence-corrected chi connectivity index (χ1v) is 8.34. The van der Waals surface area contributed by atoms with Gasteiger partial charge in [0.1, 0.15) is 5.82 Å². The van der Waals surface area contributed by atoms with Crippen LogP contribution >= 0.6 is 11.6 Å². The zero-order valence-corrected chi connectivity index (χ0v) is 14.1.